The van der Waals surface area contributed by atoms with E-state index in [1.54, 1.807) is 7.11 Å². The molecule has 3 N–H and O–H groups in total. The molecule has 1 saturated heterocycles. The van der Waals surface area contributed by atoms with Crippen molar-refractivity contribution in [2.45, 2.75) is 31.7 Å². The topological polar surface area (TPSA) is 68.9 Å². The zero-order valence-corrected chi connectivity index (χ0v) is 13.3. The number of methoxy groups -OCH3 is 1. The predicted molar refractivity (Wildman–Crippen MR) is 82.4 cm³/mol. The standard InChI is InChI=1S/C12H23N3O2.HI/c1-16-9-12(4-6-17-7-5-12)8-14-11(13)15-10-2-3-10;/h10H,2-9H2,1H3,(H3,13,14,15);1H. The van der Waals surface area contributed by atoms with Gasteiger partial charge in [0.15, 0.2) is 5.96 Å². The lowest BCUT2D eigenvalue weighted by atomic mass is 9.81. The number of ether oxygens (including phenoxy) is 2. The molecule has 18 heavy (non-hydrogen) atoms. The second kappa shape index (κ2) is 7.49. The molecule has 0 aromatic carbocycles. The molecule has 106 valence electrons. The van der Waals surface area contributed by atoms with Gasteiger partial charge in [-0.15, -0.1) is 24.0 Å². The Morgan fingerprint density at radius 3 is 2.67 bits per heavy atom. The molecule has 1 heterocycles. The van der Waals surface area contributed by atoms with Gasteiger partial charge in [-0.05, 0) is 25.7 Å². The average Bonchev–Trinajstić information content (AvgIpc) is 3.12. The minimum Gasteiger partial charge on any atom is -0.384 e. The summed E-state index contributed by atoms with van der Waals surface area (Å²) < 4.78 is 10.7. The Bertz CT molecular complexity index is 271. The van der Waals surface area contributed by atoms with Gasteiger partial charge in [-0.25, -0.2) is 0 Å². The van der Waals surface area contributed by atoms with E-state index in [0.29, 0.717) is 12.0 Å². The molecule has 1 aliphatic carbocycles. The van der Waals surface area contributed by atoms with Crippen molar-refractivity contribution in [1.29, 1.82) is 0 Å². The number of halogens is 1. The number of nitrogens with two attached hydrogens (primary N) is 1. The Morgan fingerprint density at radius 2 is 2.11 bits per heavy atom. The summed E-state index contributed by atoms with van der Waals surface area (Å²) in [6.07, 6.45) is 4.43. The van der Waals surface area contributed by atoms with Crippen LogP contribution in [0.5, 0.6) is 0 Å². The third kappa shape index (κ3) is 4.89. The van der Waals surface area contributed by atoms with Crippen molar-refractivity contribution in [2.24, 2.45) is 16.1 Å². The number of aliphatic imine (C=N–C) groups is 1. The van der Waals surface area contributed by atoms with Gasteiger partial charge in [0.1, 0.15) is 0 Å². The largest absolute Gasteiger partial charge is 0.384 e. The van der Waals surface area contributed by atoms with Crippen LogP contribution in [0.2, 0.25) is 0 Å². The Balaban J connectivity index is 0.00000162. The van der Waals surface area contributed by atoms with Crippen LogP contribution in [-0.4, -0.2) is 45.5 Å². The smallest absolute Gasteiger partial charge is 0.188 e. The van der Waals surface area contributed by atoms with Crippen molar-refractivity contribution in [3.63, 3.8) is 0 Å². The summed E-state index contributed by atoms with van der Waals surface area (Å²) in [6.45, 7) is 3.07. The first-order chi connectivity index (χ1) is 8.24. The van der Waals surface area contributed by atoms with Gasteiger partial charge in [0.25, 0.3) is 0 Å². The quantitative estimate of drug-likeness (QED) is 0.433. The molecule has 5 nitrogen and oxygen atoms in total. The van der Waals surface area contributed by atoms with E-state index in [1.165, 1.54) is 12.8 Å². The molecule has 0 unspecified atom stereocenters. The van der Waals surface area contributed by atoms with E-state index in [1.807, 2.05) is 0 Å². The maximum Gasteiger partial charge on any atom is 0.188 e. The Labute approximate surface area is 126 Å². The van der Waals surface area contributed by atoms with Crippen molar-refractivity contribution >= 4 is 29.9 Å². The second-order valence-electron chi connectivity index (χ2n) is 5.17. The SMILES string of the molecule is COCC1(CN=C(N)NC2CC2)CCOCC1.I. The summed E-state index contributed by atoms with van der Waals surface area (Å²) in [7, 11) is 1.74. The van der Waals surface area contributed by atoms with Crippen LogP contribution >= 0.6 is 24.0 Å². The first-order valence-electron chi connectivity index (χ1n) is 6.37. The molecule has 2 fully saturated rings. The summed E-state index contributed by atoms with van der Waals surface area (Å²) in [5.41, 5.74) is 5.97. The predicted octanol–water partition coefficient (Wildman–Crippen LogP) is 1.11. The molecule has 6 heteroatoms. The highest BCUT2D eigenvalue weighted by molar-refractivity contribution is 14.0. The molecular formula is C12H24IN3O2. The first kappa shape index (κ1) is 16.0. The van der Waals surface area contributed by atoms with Gasteiger partial charge in [0.05, 0.1) is 13.2 Å². The maximum atomic E-state index is 5.85. The van der Waals surface area contributed by atoms with Crippen molar-refractivity contribution in [1.82, 2.24) is 5.32 Å². The molecule has 0 radical (unpaired) electrons. The summed E-state index contributed by atoms with van der Waals surface area (Å²) >= 11 is 0. The van der Waals surface area contributed by atoms with Gasteiger partial charge in [-0.1, -0.05) is 0 Å². The fourth-order valence-electron chi connectivity index (χ4n) is 2.19. The molecular weight excluding hydrogens is 345 g/mol. The number of nitrogens with zero attached hydrogens (tertiary/aromatic N) is 1. The van der Waals surface area contributed by atoms with Crippen molar-refractivity contribution < 1.29 is 9.47 Å². The van der Waals surface area contributed by atoms with Gasteiger partial charge < -0.3 is 20.5 Å². The summed E-state index contributed by atoms with van der Waals surface area (Å²) in [5, 5.41) is 3.21. The molecule has 2 aliphatic rings. The van der Waals surface area contributed by atoms with Gasteiger partial charge in [0, 0.05) is 31.8 Å². The average molecular weight is 369 g/mol. The van der Waals surface area contributed by atoms with E-state index < -0.39 is 0 Å². The molecule has 0 atom stereocenters. The zero-order valence-electron chi connectivity index (χ0n) is 11.0. The van der Waals surface area contributed by atoms with Crippen LogP contribution in [0.25, 0.3) is 0 Å². The Kier molecular flexibility index (Phi) is 6.65. The molecule has 0 aromatic rings. The highest BCUT2D eigenvalue weighted by Gasteiger charge is 2.32. The van der Waals surface area contributed by atoms with Gasteiger partial charge in [-0.2, -0.15) is 0 Å². The fraction of sp³-hybridized carbons (Fsp3) is 0.917. The lowest BCUT2D eigenvalue weighted by Gasteiger charge is -2.35. The van der Waals surface area contributed by atoms with E-state index in [0.717, 1.165) is 39.2 Å². The fourth-order valence-corrected chi connectivity index (χ4v) is 2.19. The van der Waals surface area contributed by atoms with Crippen LogP contribution < -0.4 is 11.1 Å². The number of hydrogen-bond acceptors (Lipinski definition) is 3. The molecule has 0 amide bonds. The van der Waals surface area contributed by atoms with Crippen LogP contribution in [0.15, 0.2) is 4.99 Å². The lowest BCUT2D eigenvalue weighted by Crippen LogP contribution is -2.39. The molecule has 2 rings (SSSR count). The van der Waals surface area contributed by atoms with Crippen molar-refractivity contribution in [3.05, 3.63) is 0 Å². The van der Waals surface area contributed by atoms with E-state index in [9.17, 15) is 0 Å². The van der Waals surface area contributed by atoms with E-state index >= 15 is 0 Å². The number of rotatable bonds is 5. The van der Waals surface area contributed by atoms with Crippen LogP contribution in [0.4, 0.5) is 0 Å². The van der Waals surface area contributed by atoms with E-state index in [4.69, 9.17) is 15.2 Å². The number of hydrogen-bond donors (Lipinski definition) is 2. The first-order valence-corrected chi connectivity index (χ1v) is 6.37. The van der Waals surface area contributed by atoms with Crippen molar-refractivity contribution in [3.8, 4) is 0 Å². The zero-order chi connectivity index (χ0) is 12.1. The normalized spacial score (nSPS) is 23.3. The van der Waals surface area contributed by atoms with Crippen LogP contribution in [0.1, 0.15) is 25.7 Å². The third-order valence-corrected chi connectivity index (χ3v) is 3.52. The van der Waals surface area contributed by atoms with Crippen molar-refractivity contribution in [2.75, 3.05) is 33.5 Å². The molecule has 0 aromatic heterocycles. The second-order valence-corrected chi connectivity index (χ2v) is 5.17. The Hall–Kier alpha value is -0.0800. The van der Waals surface area contributed by atoms with Crippen LogP contribution in [-0.2, 0) is 9.47 Å². The van der Waals surface area contributed by atoms with E-state index in [2.05, 4.69) is 10.3 Å². The summed E-state index contributed by atoms with van der Waals surface area (Å²) in [5.74, 6) is 0.578. The highest BCUT2D eigenvalue weighted by Crippen LogP contribution is 2.31. The van der Waals surface area contributed by atoms with Gasteiger partial charge in [0.2, 0.25) is 0 Å². The van der Waals surface area contributed by atoms with E-state index in [-0.39, 0.29) is 29.4 Å². The molecule has 1 aliphatic heterocycles. The number of guanidine groups is 1. The monoisotopic (exact) mass is 369 g/mol. The Morgan fingerprint density at radius 1 is 1.44 bits per heavy atom. The minimum absolute atomic E-state index is 0. The summed E-state index contributed by atoms with van der Waals surface area (Å²) in [4.78, 5) is 4.47. The van der Waals surface area contributed by atoms with Crippen LogP contribution in [0, 0.1) is 5.41 Å². The lowest BCUT2D eigenvalue weighted by molar-refractivity contribution is -0.0223. The maximum absolute atomic E-state index is 5.85. The molecule has 1 saturated carbocycles. The third-order valence-electron chi connectivity index (χ3n) is 3.52. The molecule has 0 spiro atoms. The van der Waals surface area contributed by atoms with Crippen LogP contribution in [0.3, 0.4) is 0 Å². The number of nitrogens with one attached hydrogen (secondary N) is 1. The highest BCUT2D eigenvalue weighted by atomic mass is 127. The molecule has 0 bridgehead atoms. The summed E-state index contributed by atoms with van der Waals surface area (Å²) in [6, 6.07) is 0.562. The van der Waals surface area contributed by atoms with Gasteiger partial charge >= 0.3 is 0 Å². The van der Waals surface area contributed by atoms with Gasteiger partial charge in [-0.3, -0.25) is 4.99 Å². The minimum atomic E-state index is 0.